The summed E-state index contributed by atoms with van der Waals surface area (Å²) in [5, 5.41) is 1.87. The zero-order chi connectivity index (χ0) is 11.3. The van der Waals surface area contributed by atoms with Gasteiger partial charge in [0.25, 0.3) is 0 Å². The number of hydrogen-bond donors (Lipinski definition) is 1. The summed E-state index contributed by atoms with van der Waals surface area (Å²) in [6, 6.07) is 3.94. The standard InChI is InChI=1S/C13H14ClNO/c1-7-2-5-9(14)13-11(7)12(8-3-4-8)10(6-15)16-13/h2,5,8H,3-4,6,15H2,1H3. The van der Waals surface area contributed by atoms with Crippen LogP contribution in [0.2, 0.25) is 5.02 Å². The fourth-order valence-electron chi connectivity index (χ4n) is 2.36. The van der Waals surface area contributed by atoms with E-state index < -0.39 is 0 Å². The van der Waals surface area contributed by atoms with Gasteiger partial charge in [-0.2, -0.15) is 0 Å². The van der Waals surface area contributed by atoms with Gasteiger partial charge in [-0.15, -0.1) is 0 Å². The Bertz CT molecular complexity index is 555. The number of rotatable bonds is 2. The van der Waals surface area contributed by atoms with E-state index in [0.29, 0.717) is 17.5 Å². The van der Waals surface area contributed by atoms with Crippen molar-refractivity contribution in [1.82, 2.24) is 0 Å². The van der Waals surface area contributed by atoms with Gasteiger partial charge < -0.3 is 10.2 Å². The van der Waals surface area contributed by atoms with Gasteiger partial charge in [-0.05, 0) is 37.3 Å². The minimum atomic E-state index is 0.455. The van der Waals surface area contributed by atoms with Crippen LogP contribution in [-0.4, -0.2) is 0 Å². The van der Waals surface area contributed by atoms with Crippen LogP contribution < -0.4 is 5.73 Å². The maximum Gasteiger partial charge on any atom is 0.153 e. The van der Waals surface area contributed by atoms with Crippen LogP contribution in [0.15, 0.2) is 16.5 Å². The minimum Gasteiger partial charge on any atom is -0.458 e. The Morgan fingerprint density at radius 2 is 2.19 bits per heavy atom. The molecule has 1 aromatic carbocycles. The third-order valence-electron chi connectivity index (χ3n) is 3.28. The molecule has 3 heteroatoms. The van der Waals surface area contributed by atoms with Crippen molar-refractivity contribution in [2.24, 2.45) is 5.73 Å². The molecule has 0 atom stereocenters. The Morgan fingerprint density at radius 1 is 1.44 bits per heavy atom. The minimum absolute atomic E-state index is 0.455. The van der Waals surface area contributed by atoms with Crippen molar-refractivity contribution >= 4 is 22.6 Å². The molecule has 1 saturated carbocycles. The summed E-state index contributed by atoms with van der Waals surface area (Å²) in [5.41, 5.74) is 9.08. The van der Waals surface area contributed by atoms with Crippen LogP contribution in [0.3, 0.4) is 0 Å². The molecule has 0 unspecified atom stereocenters. The predicted molar refractivity (Wildman–Crippen MR) is 65.8 cm³/mol. The molecule has 1 aliphatic carbocycles. The Morgan fingerprint density at radius 3 is 2.81 bits per heavy atom. The third kappa shape index (κ3) is 1.37. The highest BCUT2D eigenvalue weighted by molar-refractivity contribution is 6.35. The lowest BCUT2D eigenvalue weighted by atomic mass is 10.0. The van der Waals surface area contributed by atoms with Crippen LogP contribution in [-0.2, 0) is 6.54 Å². The second-order valence-corrected chi connectivity index (χ2v) is 4.89. The Balaban J connectivity index is 2.39. The molecule has 0 spiro atoms. The highest BCUT2D eigenvalue weighted by atomic mass is 35.5. The first kappa shape index (κ1) is 10.2. The van der Waals surface area contributed by atoms with Crippen LogP contribution in [0.1, 0.15) is 35.6 Å². The lowest BCUT2D eigenvalue weighted by molar-refractivity contribution is 0.546. The highest BCUT2D eigenvalue weighted by Crippen LogP contribution is 2.47. The van der Waals surface area contributed by atoms with E-state index in [9.17, 15) is 0 Å². The topological polar surface area (TPSA) is 39.2 Å². The van der Waals surface area contributed by atoms with E-state index in [1.807, 2.05) is 12.1 Å². The number of furan rings is 1. The average Bonchev–Trinajstić information content (AvgIpc) is 3.03. The van der Waals surface area contributed by atoms with Gasteiger partial charge >= 0.3 is 0 Å². The lowest BCUT2D eigenvalue weighted by Gasteiger charge is -2.00. The van der Waals surface area contributed by atoms with E-state index in [4.69, 9.17) is 21.8 Å². The molecule has 1 aromatic heterocycles. The van der Waals surface area contributed by atoms with Gasteiger partial charge in [-0.3, -0.25) is 0 Å². The summed E-state index contributed by atoms with van der Waals surface area (Å²) in [7, 11) is 0. The molecule has 0 aliphatic heterocycles. The predicted octanol–water partition coefficient (Wildman–Crippen LogP) is 3.73. The molecule has 1 heterocycles. The smallest absolute Gasteiger partial charge is 0.153 e. The van der Waals surface area contributed by atoms with Crippen molar-refractivity contribution in [3.8, 4) is 0 Å². The summed E-state index contributed by atoms with van der Waals surface area (Å²) < 4.78 is 5.80. The van der Waals surface area contributed by atoms with E-state index >= 15 is 0 Å². The van der Waals surface area contributed by atoms with E-state index in [0.717, 1.165) is 11.3 Å². The van der Waals surface area contributed by atoms with Crippen molar-refractivity contribution in [2.45, 2.75) is 32.2 Å². The second kappa shape index (κ2) is 3.51. The molecule has 0 amide bonds. The van der Waals surface area contributed by atoms with Gasteiger partial charge in [-0.25, -0.2) is 0 Å². The van der Waals surface area contributed by atoms with Crippen LogP contribution in [0.4, 0.5) is 0 Å². The molecule has 2 N–H and O–H groups in total. The molecule has 1 aliphatic rings. The largest absolute Gasteiger partial charge is 0.458 e. The van der Waals surface area contributed by atoms with E-state index in [2.05, 4.69) is 6.92 Å². The van der Waals surface area contributed by atoms with Gasteiger partial charge in [0, 0.05) is 10.9 Å². The van der Waals surface area contributed by atoms with Gasteiger partial charge in [-0.1, -0.05) is 17.7 Å². The van der Waals surface area contributed by atoms with Crippen molar-refractivity contribution in [2.75, 3.05) is 0 Å². The zero-order valence-electron chi connectivity index (χ0n) is 9.22. The molecule has 0 saturated heterocycles. The maximum atomic E-state index is 6.16. The summed E-state index contributed by atoms with van der Waals surface area (Å²) in [6.07, 6.45) is 2.49. The van der Waals surface area contributed by atoms with Crippen molar-refractivity contribution < 1.29 is 4.42 Å². The van der Waals surface area contributed by atoms with Crippen LogP contribution in [0.5, 0.6) is 0 Å². The molecule has 16 heavy (non-hydrogen) atoms. The summed E-state index contributed by atoms with van der Waals surface area (Å²) in [4.78, 5) is 0. The van der Waals surface area contributed by atoms with Crippen molar-refractivity contribution in [1.29, 1.82) is 0 Å². The second-order valence-electron chi connectivity index (χ2n) is 4.49. The number of halogens is 1. The van der Waals surface area contributed by atoms with Gasteiger partial charge in [0.2, 0.25) is 0 Å². The average molecular weight is 236 g/mol. The number of fused-ring (bicyclic) bond motifs is 1. The van der Waals surface area contributed by atoms with E-state index in [1.165, 1.54) is 29.4 Å². The fourth-order valence-corrected chi connectivity index (χ4v) is 2.56. The normalized spacial score (nSPS) is 15.9. The number of benzene rings is 1. The van der Waals surface area contributed by atoms with Crippen molar-refractivity contribution in [3.05, 3.63) is 34.0 Å². The highest BCUT2D eigenvalue weighted by Gasteiger charge is 2.31. The van der Waals surface area contributed by atoms with Gasteiger partial charge in [0.1, 0.15) is 5.76 Å². The van der Waals surface area contributed by atoms with Crippen LogP contribution in [0.25, 0.3) is 11.0 Å². The molecule has 0 bridgehead atoms. The molecule has 0 radical (unpaired) electrons. The first-order valence-corrected chi connectivity index (χ1v) is 6.00. The van der Waals surface area contributed by atoms with Crippen LogP contribution >= 0.6 is 11.6 Å². The molecule has 1 fully saturated rings. The Labute approximate surface area is 99.4 Å². The zero-order valence-corrected chi connectivity index (χ0v) is 9.97. The number of nitrogens with two attached hydrogens (primary N) is 1. The maximum absolute atomic E-state index is 6.16. The molecule has 84 valence electrons. The third-order valence-corrected chi connectivity index (χ3v) is 3.58. The Kier molecular flexibility index (Phi) is 2.23. The number of aryl methyl sites for hydroxylation is 1. The Hall–Kier alpha value is -0.990. The summed E-state index contributed by atoms with van der Waals surface area (Å²) >= 11 is 6.16. The fraction of sp³-hybridized carbons (Fsp3) is 0.385. The van der Waals surface area contributed by atoms with Gasteiger partial charge in [0.05, 0.1) is 11.6 Å². The van der Waals surface area contributed by atoms with Crippen molar-refractivity contribution in [3.63, 3.8) is 0 Å². The van der Waals surface area contributed by atoms with Gasteiger partial charge in [0.15, 0.2) is 5.58 Å². The quantitative estimate of drug-likeness (QED) is 0.862. The van der Waals surface area contributed by atoms with E-state index in [1.54, 1.807) is 0 Å². The lowest BCUT2D eigenvalue weighted by Crippen LogP contribution is -1.97. The SMILES string of the molecule is Cc1ccc(Cl)c2oc(CN)c(C3CC3)c12. The molecule has 2 nitrogen and oxygen atoms in total. The summed E-state index contributed by atoms with van der Waals surface area (Å²) in [5.74, 6) is 1.55. The van der Waals surface area contributed by atoms with E-state index in [-0.39, 0.29) is 0 Å². The summed E-state index contributed by atoms with van der Waals surface area (Å²) in [6.45, 7) is 2.55. The molecule has 2 aromatic rings. The first-order chi connectivity index (χ1) is 7.72. The number of hydrogen-bond acceptors (Lipinski definition) is 2. The monoisotopic (exact) mass is 235 g/mol. The first-order valence-electron chi connectivity index (χ1n) is 5.62. The molecule has 3 rings (SSSR count). The molecular formula is C13H14ClNO. The molecular weight excluding hydrogens is 222 g/mol. The van der Waals surface area contributed by atoms with Crippen LogP contribution in [0, 0.1) is 6.92 Å².